The molecule has 1 aromatic carbocycles. The number of ether oxygens (including phenoxy) is 2. The normalized spacial score (nSPS) is 16.0. The minimum atomic E-state index is 0.0362. The predicted octanol–water partition coefficient (Wildman–Crippen LogP) is 2.89. The summed E-state index contributed by atoms with van der Waals surface area (Å²) in [5.41, 5.74) is 7.30. The number of para-hydroxylation sites is 1. The van der Waals surface area contributed by atoms with Crippen molar-refractivity contribution in [2.24, 2.45) is 11.7 Å². The van der Waals surface area contributed by atoms with Crippen LogP contribution >= 0.6 is 0 Å². The molecule has 0 fully saturated rings. The lowest BCUT2D eigenvalue weighted by molar-refractivity contribution is 0.169. The van der Waals surface area contributed by atoms with Crippen molar-refractivity contribution in [2.45, 2.75) is 32.7 Å². The summed E-state index contributed by atoms with van der Waals surface area (Å²) in [6, 6.07) is 6.00. The number of rotatable bonds is 4. The topological polar surface area (TPSA) is 44.5 Å². The molecule has 0 bridgehead atoms. The van der Waals surface area contributed by atoms with Gasteiger partial charge in [-0.15, -0.1) is 0 Å². The fourth-order valence-electron chi connectivity index (χ4n) is 2.06. The van der Waals surface area contributed by atoms with Crippen LogP contribution in [0.4, 0.5) is 0 Å². The van der Waals surface area contributed by atoms with Crippen molar-refractivity contribution < 1.29 is 9.47 Å². The monoisotopic (exact) mass is 235 g/mol. The molecule has 2 rings (SSSR count). The predicted molar refractivity (Wildman–Crippen MR) is 68.4 cm³/mol. The number of nitrogens with two attached hydrogens (primary N) is 1. The van der Waals surface area contributed by atoms with Gasteiger partial charge in [0.1, 0.15) is 13.2 Å². The van der Waals surface area contributed by atoms with E-state index in [1.807, 2.05) is 18.2 Å². The third-order valence-corrected chi connectivity index (χ3v) is 3.05. The van der Waals surface area contributed by atoms with Crippen molar-refractivity contribution >= 4 is 0 Å². The molecular weight excluding hydrogens is 214 g/mol. The summed E-state index contributed by atoms with van der Waals surface area (Å²) in [4.78, 5) is 0. The second-order valence-electron chi connectivity index (χ2n) is 4.95. The summed E-state index contributed by atoms with van der Waals surface area (Å²) < 4.78 is 11.2. The van der Waals surface area contributed by atoms with Crippen molar-refractivity contribution in [3.05, 3.63) is 23.8 Å². The maximum absolute atomic E-state index is 6.23. The summed E-state index contributed by atoms with van der Waals surface area (Å²) in [6.45, 7) is 5.66. The Bertz CT molecular complexity index is 376. The molecule has 1 aromatic rings. The molecule has 0 saturated heterocycles. The molecule has 3 nitrogen and oxygen atoms in total. The average Bonchev–Trinajstić information content (AvgIpc) is 2.35. The largest absolute Gasteiger partial charge is 0.486 e. The Morgan fingerprint density at radius 1 is 1.18 bits per heavy atom. The first-order valence-corrected chi connectivity index (χ1v) is 6.32. The lowest BCUT2D eigenvalue weighted by Gasteiger charge is -2.23. The molecule has 0 amide bonds. The van der Waals surface area contributed by atoms with Crippen LogP contribution in [0.1, 0.15) is 38.3 Å². The fraction of sp³-hybridized carbons (Fsp3) is 0.571. The summed E-state index contributed by atoms with van der Waals surface area (Å²) in [7, 11) is 0. The smallest absolute Gasteiger partial charge is 0.166 e. The molecule has 0 unspecified atom stereocenters. The Morgan fingerprint density at radius 3 is 2.71 bits per heavy atom. The van der Waals surface area contributed by atoms with Crippen LogP contribution in [0.5, 0.6) is 11.5 Å². The van der Waals surface area contributed by atoms with Crippen molar-refractivity contribution in [3.63, 3.8) is 0 Å². The van der Waals surface area contributed by atoms with Gasteiger partial charge < -0.3 is 15.2 Å². The molecule has 3 heteroatoms. The molecule has 0 aromatic heterocycles. The lowest BCUT2D eigenvalue weighted by Crippen LogP contribution is -2.19. The number of fused-ring (bicyclic) bond motifs is 1. The van der Waals surface area contributed by atoms with Gasteiger partial charge in [0, 0.05) is 11.6 Å². The molecular formula is C14H21NO2. The number of benzene rings is 1. The molecule has 1 aliphatic heterocycles. The van der Waals surface area contributed by atoms with Gasteiger partial charge in [-0.2, -0.15) is 0 Å². The molecule has 0 radical (unpaired) electrons. The zero-order chi connectivity index (χ0) is 12.3. The van der Waals surface area contributed by atoms with Gasteiger partial charge >= 0.3 is 0 Å². The zero-order valence-corrected chi connectivity index (χ0v) is 10.6. The van der Waals surface area contributed by atoms with Crippen molar-refractivity contribution in [1.29, 1.82) is 0 Å². The second-order valence-corrected chi connectivity index (χ2v) is 4.95. The molecule has 0 aliphatic carbocycles. The van der Waals surface area contributed by atoms with Crippen LogP contribution in [0, 0.1) is 5.92 Å². The molecule has 94 valence electrons. The summed E-state index contributed by atoms with van der Waals surface area (Å²) in [5.74, 6) is 2.35. The van der Waals surface area contributed by atoms with Gasteiger partial charge in [0.15, 0.2) is 11.5 Å². The van der Waals surface area contributed by atoms with Gasteiger partial charge in [-0.05, 0) is 24.8 Å². The van der Waals surface area contributed by atoms with E-state index in [1.54, 1.807) is 0 Å². The summed E-state index contributed by atoms with van der Waals surface area (Å²) in [5, 5.41) is 0. The van der Waals surface area contributed by atoms with E-state index in [2.05, 4.69) is 13.8 Å². The maximum Gasteiger partial charge on any atom is 0.166 e. The van der Waals surface area contributed by atoms with Gasteiger partial charge in [0.05, 0.1) is 0 Å². The van der Waals surface area contributed by atoms with E-state index >= 15 is 0 Å². The quantitative estimate of drug-likeness (QED) is 0.872. The third-order valence-electron chi connectivity index (χ3n) is 3.05. The van der Waals surface area contributed by atoms with E-state index in [0.29, 0.717) is 19.1 Å². The van der Waals surface area contributed by atoms with Crippen LogP contribution in [0.15, 0.2) is 18.2 Å². The van der Waals surface area contributed by atoms with Crippen molar-refractivity contribution in [1.82, 2.24) is 0 Å². The Morgan fingerprint density at radius 2 is 1.94 bits per heavy atom. The average molecular weight is 235 g/mol. The van der Waals surface area contributed by atoms with Gasteiger partial charge in [-0.3, -0.25) is 0 Å². The molecule has 0 saturated carbocycles. The molecule has 1 aliphatic rings. The van der Waals surface area contributed by atoms with E-state index < -0.39 is 0 Å². The van der Waals surface area contributed by atoms with E-state index in [-0.39, 0.29) is 6.04 Å². The van der Waals surface area contributed by atoms with E-state index in [4.69, 9.17) is 15.2 Å². The van der Waals surface area contributed by atoms with Gasteiger partial charge in [-0.25, -0.2) is 0 Å². The lowest BCUT2D eigenvalue weighted by atomic mass is 9.97. The molecule has 0 spiro atoms. The Balaban J connectivity index is 2.14. The highest BCUT2D eigenvalue weighted by Gasteiger charge is 2.19. The van der Waals surface area contributed by atoms with E-state index in [0.717, 1.165) is 29.9 Å². The minimum absolute atomic E-state index is 0.0362. The first-order valence-electron chi connectivity index (χ1n) is 6.32. The van der Waals surface area contributed by atoms with Crippen LogP contribution < -0.4 is 15.2 Å². The van der Waals surface area contributed by atoms with Crippen LogP contribution in [0.3, 0.4) is 0 Å². The SMILES string of the molecule is CC(C)CC[C@@H](N)c1cccc2c1OCCO2. The first kappa shape index (κ1) is 12.2. The Labute approximate surface area is 103 Å². The van der Waals surface area contributed by atoms with Gasteiger partial charge in [-0.1, -0.05) is 26.0 Å². The van der Waals surface area contributed by atoms with E-state index in [1.165, 1.54) is 0 Å². The maximum atomic E-state index is 6.23. The minimum Gasteiger partial charge on any atom is -0.486 e. The highest BCUT2D eigenvalue weighted by Crippen LogP contribution is 2.37. The third kappa shape index (κ3) is 2.91. The molecule has 1 heterocycles. The zero-order valence-electron chi connectivity index (χ0n) is 10.6. The summed E-state index contributed by atoms with van der Waals surface area (Å²) in [6.07, 6.45) is 2.11. The van der Waals surface area contributed by atoms with Crippen LogP contribution in [-0.2, 0) is 0 Å². The highest BCUT2D eigenvalue weighted by molar-refractivity contribution is 5.48. The van der Waals surface area contributed by atoms with Crippen LogP contribution in [-0.4, -0.2) is 13.2 Å². The van der Waals surface area contributed by atoms with Gasteiger partial charge in [0.2, 0.25) is 0 Å². The second kappa shape index (κ2) is 5.41. The van der Waals surface area contributed by atoms with Crippen LogP contribution in [0.25, 0.3) is 0 Å². The standard InChI is InChI=1S/C14H21NO2/c1-10(2)6-7-12(15)11-4-3-5-13-14(11)17-9-8-16-13/h3-5,10,12H,6-9,15H2,1-2H3/t12-/m1/s1. The Hall–Kier alpha value is -1.22. The molecule has 1 atom stereocenters. The highest BCUT2D eigenvalue weighted by atomic mass is 16.6. The van der Waals surface area contributed by atoms with Crippen LogP contribution in [0.2, 0.25) is 0 Å². The fourth-order valence-corrected chi connectivity index (χ4v) is 2.06. The van der Waals surface area contributed by atoms with Gasteiger partial charge in [0.25, 0.3) is 0 Å². The number of hydrogen-bond donors (Lipinski definition) is 1. The summed E-state index contributed by atoms with van der Waals surface area (Å²) >= 11 is 0. The van der Waals surface area contributed by atoms with E-state index in [9.17, 15) is 0 Å². The first-order chi connectivity index (χ1) is 8.18. The Kier molecular flexibility index (Phi) is 3.89. The number of hydrogen-bond acceptors (Lipinski definition) is 3. The molecule has 2 N–H and O–H groups in total. The van der Waals surface area contributed by atoms with Crippen molar-refractivity contribution in [2.75, 3.05) is 13.2 Å². The van der Waals surface area contributed by atoms with Crippen molar-refractivity contribution in [3.8, 4) is 11.5 Å². The molecule has 17 heavy (non-hydrogen) atoms.